The molecule has 2 nitrogen and oxygen atoms in total. The van der Waals surface area contributed by atoms with Crippen molar-refractivity contribution >= 4 is 32.6 Å². The summed E-state index contributed by atoms with van der Waals surface area (Å²) >= 11 is 0. The average Bonchev–Trinajstić information content (AvgIpc) is 2.65. The summed E-state index contributed by atoms with van der Waals surface area (Å²) in [4.78, 5) is 4.81. The van der Waals surface area contributed by atoms with Crippen molar-refractivity contribution in [3.8, 4) is 16.9 Å². The number of benzene rings is 4. The third kappa shape index (κ3) is 2.23. The molecule has 0 bridgehead atoms. The number of phenolic OH excluding ortho intramolecular Hbond substituents is 1. The zero-order valence-electron chi connectivity index (χ0n) is 13.5. The molecule has 2 heteroatoms. The highest BCUT2D eigenvalue weighted by Crippen LogP contribution is 2.37. The first kappa shape index (κ1) is 14.0. The summed E-state index contributed by atoms with van der Waals surface area (Å²) in [5, 5.41) is 14.4. The van der Waals surface area contributed by atoms with E-state index in [2.05, 4.69) is 54.6 Å². The van der Waals surface area contributed by atoms with Gasteiger partial charge in [0, 0.05) is 22.4 Å². The predicted molar refractivity (Wildman–Crippen MR) is 104 cm³/mol. The van der Waals surface area contributed by atoms with Crippen LogP contribution in [0.2, 0.25) is 0 Å². The van der Waals surface area contributed by atoms with Crippen LogP contribution in [0.15, 0.2) is 84.9 Å². The van der Waals surface area contributed by atoms with E-state index in [9.17, 15) is 5.11 Å². The predicted octanol–water partition coefficient (Wildman–Crippen LogP) is 5.91. The molecule has 1 aromatic heterocycles. The summed E-state index contributed by atoms with van der Waals surface area (Å²) in [7, 11) is 0. The van der Waals surface area contributed by atoms with Crippen LogP contribution < -0.4 is 0 Å². The molecular formula is C23H15NO. The summed E-state index contributed by atoms with van der Waals surface area (Å²) in [6.45, 7) is 0. The molecule has 0 unspecified atom stereocenters. The van der Waals surface area contributed by atoms with Crippen molar-refractivity contribution < 1.29 is 5.11 Å². The zero-order chi connectivity index (χ0) is 16.8. The van der Waals surface area contributed by atoms with Crippen LogP contribution in [0.4, 0.5) is 0 Å². The van der Waals surface area contributed by atoms with Gasteiger partial charge in [-0.15, -0.1) is 0 Å². The quantitative estimate of drug-likeness (QED) is 0.389. The molecule has 4 aromatic carbocycles. The van der Waals surface area contributed by atoms with Gasteiger partial charge in [-0.25, -0.2) is 4.98 Å². The highest BCUT2D eigenvalue weighted by Gasteiger charge is 2.12. The number of nitrogens with zero attached hydrogens (tertiary/aromatic N) is 1. The van der Waals surface area contributed by atoms with Gasteiger partial charge in [0.15, 0.2) is 0 Å². The lowest BCUT2D eigenvalue weighted by Gasteiger charge is -2.12. The summed E-state index contributed by atoms with van der Waals surface area (Å²) in [6, 6.07) is 28.5. The molecule has 1 N–H and O–H groups in total. The van der Waals surface area contributed by atoms with Crippen LogP contribution in [0.5, 0.6) is 5.75 Å². The highest BCUT2D eigenvalue weighted by molar-refractivity contribution is 6.13. The van der Waals surface area contributed by atoms with Gasteiger partial charge in [0.05, 0.1) is 11.0 Å². The van der Waals surface area contributed by atoms with Crippen LogP contribution >= 0.6 is 0 Å². The number of phenols is 1. The molecule has 118 valence electrons. The topological polar surface area (TPSA) is 33.1 Å². The Morgan fingerprint density at radius 3 is 2.08 bits per heavy atom. The summed E-state index contributed by atoms with van der Waals surface area (Å²) in [5.74, 6) is 0.235. The average molecular weight is 321 g/mol. The van der Waals surface area contributed by atoms with Gasteiger partial charge in [0.2, 0.25) is 0 Å². The van der Waals surface area contributed by atoms with E-state index in [0.29, 0.717) is 0 Å². The molecule has 0 aliphatic carbocycles. The zero-order valence-corrected chi connectivity index (χ0v) is 13.5. The normalized spacial score (nSPS) is 11.4. The maximum atomic E-state index is 9.90. The number of fused-ring (bicyclic) bond motifs is 3. The van der Waals surface area contributed by atoms with Crippen molar-refractivity contribution in [2.75, 3.05) is 0 Å². The number of rotatable bonds is 1. The minimum Gasteiger partial charge on any atom is -0.508 e. The van der Waals surface area contributed by atoms with Crippen molar-refractivity contribution in [3.05, 3.63) is 84.9 Å². The SMILES string of the molecule is Oc1ccc2c(-c3ccccc3)c3cc4ccccc4cc3nc2c1. The number of aromatic hydroxyl groups is 1. The summed E-state index contributed by atoms with van der Waals surface area (Å²) in [6.07, 6.45) is 0. The molecule has 0 aliphatic rings. The van der Waals surface area contributed by atoms with Crippen LogP contribution in [0.25, 0.3) is 43.7 Å². The van der Waals surface area contributed by atoms with Crippen molar-refractivity contribution in [2.45, 2.75) is 0 Å². The van der Waals surface area contributed by atoms with Crippen LogP contribution in [-0.2, 0) is 0 Å². The van der Waals surface area contributed by atoms with Gasteiger partial charge in [-0.3, -0.25) is 0 Å². The number of aromatic nitrogens is 1. The number of hydrogen-bond donors (Lipinski definition) is 1. The van der Waals surface area contributed by atoms with E-state index in [1.165, 1.54) is 10.8 Å². The van der Waals surface area contributed by atoms with Crippen LogP contribution in [-0.4, -0.2) is 10.1 Å². The third-order valence-corrected chi connectivity index (χ3v) is 4.69. The Labute approximate surface area is 145 Å². The van der Waals surface area contributed by atoms with E-state index >= 15 is 0 Å². The van der Waals surface area contributed by atoms with Crippen molar-refractivity contribution in [3.63, 3.8) is 0 Å². The van der Waals surface area contributed by atoms with E-state index in [1.807, 2.05) is 18.2 Å². The monoisotopic (exact) mass is 321 g/mol. The number of hydrogen-bond acceptors (Lipinski definition) is 2. The largest absolute Gasteiger partial charge is 0.508 e. The van der Waals surface area contributed by atoms with Crippen molar-refractivity contribution in [1.82, 2.24) is 4.98 Å². The Bertz CT molecular complexity index is 1240. The van der Waals surface area contributed by atoms with Crippen LogP contribution in [0.3, 0.4) is 0 Å². The molecule has 0 fully saturated rings. The first-order valence-electron chi connectivity index (χ1n) is 8.30. The molecule has 5 rings (SSSR count). The molecule has 1 heterocycles. The fourth-order valence-corrected chi connectivity index (χ4v) is 3.54. The Morgan fingerprint density at radius 1 is 0.600 bits per heavy atom. The Balaban J connectivity index is 2.02. The minimum atomic E-state index is 0.235. The Kier molecular flexibility index (Phi) is 2.98. The second-order valence-electron chi connectivity index (χ2n) is 6.27. The first-order valence-corrected chi connectivity index (χ1v) is 8.30. The lowest BCUT2D eigenvalue weighted by atomic mass is 9.94. The fraction of sp³-hybridized carbons (Fsp3) is 0. The molecule has 0 saturated carbocycles. The van der Waals surface area contributed by atoms with Crippen molar-refractivity contribution in [1.29, 1.82) is 0 Å². The number of pyridine rings is 1. The molecule has 0 amide bonds. The van der Waals surface area contributed by atoms with E-state index in [-0.39, 0.29) is 5.75 Å². The van der Waals surface area contributed by atoms with Gasteiger partial charge < -0.3 is 5.11 Å². The van der Waals surface area contributed by atoms with Gasteiger partial charge >= 0.3 is 0 Å². The smallest absolute Gasteiger partial charge is 0.117 e. The van der Waals surface area contributed by atoms with Gasteiger partial charge in [-0.2, -0.15) is 0 Å². The Morgan fingerprint density at radius 2 is 1.28 bits per heavy atom. The lowest BCUT2D eigenvalue weighted by molar-refractivity contribution is 0.476. The minimum absolute atomic E-state index is 0.235. The lowest BCUT2D eigenvalue weighted by Crippen LogP contribution is -1.89. The highest BCUT2D eigenvalue weighted by atomic mass is 16.3. The molecule has 0 spiro atoms. The molecule has 0 atom stereocenters. The fourth-order valence-electron chi connectivity index (χ4n) is 3.54. The molecular weight excluding hydrogens is 306 g/mol. The van der Waals surface area contributed by atoms with E-state index in [4.69, 9.17) is 4.98 Å². The standard InChI is InChI=1S/C23H15NO/c25-18-10-11-19-22(14-18)24-21-13-17-9-5-4-8-16(17)12-20(21)23(19)15-6-2-1-3-7-15/h1-14,25H. The maximum Gasteiger partial charge on any atom is 0.117 e. The molecule has 0 aliphatic heterocycles. The van der Waals surface area contributed by atoms with Crippen molar-refractivity contribution in [2.24, 2.45) is 0 Å². The molecule has 0 saturated heterocycles. The van der Waals surface area contributed by atoms with E-state index < -0.39 is 0 Å². The second-order valence-corrected chi connectivity index (χ2v) is 6.27. The van der Waals surface area contributed by atoms with Gasteiger partial charge in [0.25, 0.3) is 0 Å². The van der Waals surface area contributed by atoms with Crippen LogP contribution in [0, 0.1) is 0 Å². The third-order valence-electron chi connectivity index (χ3n) is 4.69. The first-order chi connectivity index (χ1) is 12.3. The van der Waals surface area contributed by atoms with E-state index in [0.717, 1.165) is 32.9 Å². The molecule has 0 radical (unpaired) electrons. The molecule has 5 aromatic rings. The van der Waals surface area contributed by atoms with Crippen LogP contribution in [0.1, 0.15) is 0 Å². The molecule has 25 heavy (non-hydrogen) atoms. The van der Waals surface area contributed by atoms with Gasteiger partial charge in [-0.05, 0) is 40.6 Å². The van der Waals surface area contributed by atoms with Gasteiger partial charge in [-0.1, -0.05) is 54.6 Å². The Hall–Kier alpha value is -3.39. The summed E-state index contributed by atoms with van der Waals surface area (Å²) < 4.78 is 0. The van der Waals surface area contributed by atoms with Gasteiger partial charge in [0.1, 0.15) is 5.75 Å². The van der Waals surface area contributed by atoms with E-state index in [1.54, 1.807) is 12.1 Å². The maximum absolute atomic E-state index is 9.90. The second kappa shape index (κ2) is 5.32. The summed E-state index contributed by atoms with van der Waals surface area (Å²) in [5.41, 5.74) is 4.06.